The van der Waals surface area contributed by atoms with Gasteiger partial charge in [0.1, 0.15) is 0 Å². The highest BCUT2D eigenvalue weighted by atomic mass is 35.5. The van der Waals surface area contributed by atoms with Crippen molar-refractivity contribution >= 4 is 24.0 Å². The van der Waals surface area contributed by atoms with Gasteiger partial charge in [0.2, 0.25) is 0 Å². The van der Waals surface area contributed by atoms with Gasteiger partial charge in [0.25, 0.3) is 0 Å². The summed E-state index contributed by atoms with van der Waals surface area (Å²) in [7, 11) is 0. The zero-order valence-electron chi connectivity index (χ0n) is 12.3. The third-order valence-electron chi connectivity index (χ3n) is 3.70. The van der Waals surface area contributed by atoms with Crippen molar-refractivity contribution < 1.29 is 26.3 Å². The lowest BCUT2D eigenvalue weighted by Crippen LogP contribution is -2.46. The van der Waals surface area contributed by atoms with Gasteiger partial charge in [-0.2, -0.15) is 26.3 Å². The van der Waals surface area contributed by atoms with Crippen molar-refractivity contribution in [1.29, 1.82) is 0 Å². The molecule has 1 atom stereocenters. The molecule has 2 rings (SSSR count). The molecule has 1 N–H and O–H groups in total. The Morgan fingerprint density at radius 1 is 1.08 bits per heavy atom. The van der Waals surface area contributed by atoms with Crippen molar-refractivity contribution in [2.45, 2.75) is 24.8 Å². The van der Waals surface area contributed by atoms with Crippen LogP contribution in [0.5, 0.6) is 0 Å². The Labute approximate surface area is 146 Å². The van der Waals surface area contributed by atoms with Crippen LogP contribution in [0, 0.1) is 0 Å². The van der Waals surface area contributed by atoms with E-state index in [2.05, 4.69) is 5.32 Å². The summed E-state index contributed by atoms with van der Waals surface area (Å²) in [5.41, 5.74) is -1.14. The van der Waals surface area contributed by atoms with Crippen LogP contribution in [-0.4, -0.2) is 37.3 Å². The standard InChI is InChI=1S/C14H15ClF6N2.ClH/c15-11-2-1-9(7-10(11)14(19,20)21)12(8-13(16,17)18)23-5-3-22-4-6-23;/h1-2,7,12,22H,3-6,8H2;1H/t12-;/m0./s1. The molecule has 0 spiro atoms. The van der Waals surface area contributed by atoms with Crippen LogP contribution in [0.3, 0.4) is 0 Å². The summed E-state index contributed by atoms with van der Waals surface area (Å²) in [6.45, 7) is 1.66. The molecule has 0 amide bonds. The van der Waals surface area contributed by atoms with Gasteiger partial charge in [0.15, 0.2) is 0 Å². The zero-order chi connectivity index (χ0) is 17.3. The highest BCUT2D eigenvalue weighted by molar-refractivity contribution is 6.31. The van der Waals surface area contributed by atoms with Gasteiger partial charge in [0, 0.05) is 32.2 Å². The van der Waals surface area contributed by atoms with Gasteiger partial charge in [-0.15, -0.1) is 12.4 Å². The minimum absolute atomic E-state index is 0. The second-order valence-electron chi connectivity index (χ2n) is 5.36. The highest BCUT2D eigenvalue weighted by Gasteiger charge is 2.38. The van der Waals surface area contributed by atoms with Crippen molar-refractivity contribution in [3.8, 4) is 0 Å². The van der Waals surface area contributed by atoms with Crippen LogP contribution in [0.4, 0.5) is 26.3 Å². The molecule has 0 aromatic heterocycles. The molecule has 0 saturated carbocycles. The number of nitrogens with zero attached hydrogens (tertiary/aromatic N) is 1. The van der Waals surface area contributed by atoms with E-state index in [1.807, 2.05) is 0 Å². The van der Waals surface area contributed by atoms with Crippen LogP contribution in [0.25, 0.3) is 0 Å². The van der Waals surface area contributed by atoms with Crippen LogP contribution < -0.4 is 5.32 Å². The summed E-state index contributed by atoms with van der Waals surface area (Å²) in [6, 6.07) is 1.80. The monoisotopic (exact) mass is 396 g/mol. The molecule has 1 saturated heterocycles. The van der Waals surface area contributed by atoms with E-state index in [1.54, 1.807) is 4.90 Å². The SMILES string of the molecule is Cl.FC(F)(F)C[C@@H](c1ccc(Cl)c(C(F)(F)F)c1)N1CCNCC1. The minimum Gasteiger partial charge on any atom is -0.314 e. The van der Waals surface area contributed by atoms with Crippen LogP contribution in [0.2, 0.25) is 5.02 Å². The number of hydrogen-bond donors (Lipinski definition) is 1. The van der Waals surface area contributed by atoms with Gasteiger partial charge in [-0.25, -0.2) is 0 Å². The molecular formula is C14H16Cl2F6N2. The van der Waals surface area contributed by atoms with E-state index in [0.29, 0.717) is 26.2 Å². The van der Waals surface area contributed by atoms with E-state index in [4.69, 9.17) is 11.6 Å². The summed E-state index contributed by atoms with van der Waals surface area (Å²) in [5, 5.41) is 2.48. The molecule has 1 aliphatic rings. The largest absolute Gasteiger partial charge is 0.417 e. The lowest BCUT2D eigenvalue weighted by atomic mass is 9.98. The molecule has 0 radical (unpaired) electrons. The summed E-state index contributed by atoms with van der Waals surface area (Å²) < 4.78 is 77.4. The molecule has 2 nitrogen and oxygen atoms in total. The molecule has 1 fully saturated rings. The molecule has 0 unspecified atom stereocenters. The van der Waals surface area contributed by atoms with Crippen molar-refractivity contribution in [2.24, 2.45) is 0 Å². The van der Waals surface area contributed by atoms with Crippen LogP contribution >= 0.6 is 24.0 Å². The van der Waals surface area contributed by atoms with Crippen molar-refractivity contribution in [2.75, 3.05) is 26.2 Å². The fourth-order valence-corrected chi connectivity index (χ4v) is 2.86. The van der Waals surface area contributed by atoms with Crippen LogP contribution in [-0.2, 0) is 6.18 Å². The van der Waals surface area contributed by atoms with Gasteiger partial charge in [0.05, 0.1) is 17.0 Å². The maximum Gasteiger partial charge on any atom is 0.417 e. The maximum absolute atomic E-state index is 12.9. The first-order chi connectivity index (χ1) is 10.6. The number of alkyl halides is 6. The quantitative estimate of drug-likeness (QED) is 0.746. The van der Waals surface area contributed by atoms with Gasteiger partial charge in [-0.05, 0) is 17.7 Å². The summed E-state index contributed by atoms with van der Waals surface area (Å²) in [5.74, 6) is 0. The first-order valence-electron chi connectivity index (χ1n) is 6.96. The molecule has 10 heteroatoms. The normalized spacial score (nSPS) is 18.1. The average molecular weight is 397 g/mol. The van der Waals surface area contributed by atoms with Gasteiger partial charge >= 0.3 is 12.4 Å². The first kappa shape index (κ1) is 21.3. The maximum atomic E-state index is 12.9. The van der Waals surface area contributed by atoms with E-state index in [9.17, 15) is 26.3 Å². The number of hydrogen-bond acceptors (Lipinski definition) is 2. The molecule has 1 heterocycles. The van der Waals surface area contributed by atoms with E-state index >= 15 is 0 Å². The molecule has 24 heavy (non-hydrogen) atoms. The van der Waals surface area contributed by atoms with E-state index in [1.165, 1.54) is 6.07 Å². The molecule has 1 aromatic rings. The molecule has 138 valence electrons. The van der Waals surface area contributed by atoms with E-state index < -0.39 is 35.4 Å². The Kier molecular flexibility index (Phi) is 7.22. The van der Waals surface area contributed by atoms with Gasteiger partial charge < -0.3 is 5.32 Å². The average Bonchev–Trinajstić information content (AvgIpc) is 2.44. The van der Waals surface area contributed by atoms with Crippen molar-refractivity contribution in [3.63, 3.8) is 0 Å². The summed E-state index contributed by atoms with van der Waals surface area (Å²) >= 11 is 5.54. The Morgan fingerprint density at radius 2 is 1.67 bits per heavy atom. The predicted octanol–water partition coefficient (Wildman–Crippen LogP) is 4.68. The van der Waals surface area contributed by atoms with E-state index in [0.717, 1.165) is 12.1 Å². The van der Waals surface area contributed by atoms with Crippen LogP contribution in [0.1, 0.15) is 23.6 Å². The fourth-order valence-electron chi connectivity index (χ4n) is 2.64. The third-order valence-corrected chi connectivity index (χ3v) is 4.03. The Balaban J connectivity index is 0.00000288. The molecule has 0 aliphatic carbocycles. The zero-order valence-corrected chi connectivity index (χ0v) is 13.9. The molecule has 1 aromatic carbocycles. The van der Waals surface area contributed by atoms with E-state index in [-0.39, 0.29) is 18.0 Å². The number of piperazine rings is 1. The lowest BCUT2D eigenvalue weighted by molar-refractivity contribution is -0.148. The number of rotatable bonds is 3. The Bertz CT molecular complexity index is 541. The third kappa shape index (κ3) is 5.68. The summed E-state index contributed by atoms with van der Waals surface area (Å²) in [6.07, 6.45) is -10.4. The molecule has 0 bridgehead atoms. The smallest absolute Gasteiger partial charge is 0.314 e. The van der Waals surface area contributed by atoms with Gasteiger partial charge in [-0.3, -0.25) is 4.90 Å². The lowest BCUT2D eigenvalue weighted by Gasteiger charge is -2.36. The first-order valence-corrected chi connectivity index (χ1v) is 7.34. The van der Waals surface area contributed by atoms with Gasteiger partial charge in [-0.1, -0.05) is 17.7 Å². The topological polar surface area (TPSA) is 15.3 Å². The Hall–Kier alpha value is -0.700. The highest BCUT2D eigenvalue weighted by Crippen LogP contribution is 2.39. The second kappa shape index (κ2) is 8.12. The van der Waals surface area contributed by atoms with Crippen molar-refractivity contribution in [3.05, 3.63) is 34.3 Å². The number of nitrogens with one attached hydrogen (secondary N) is 1. The van der Waals surface area contributed by atoms with Crippen molar-refractivity contribution in [1.82, 2.24) is 10.2 Å². The number of benzene rings is 1. The predicted molar refractivity (Wildman–Crippen MR) is 81.6 cm³/mol. The Morgan fingerprint density at radius 3 is 2.17 bits per heavy atom. The fraction of sp³-hybridized carbons (Fsp3) is 0.571. The second-order valence-corrected chi connectivity index (χ2v) is 5.77. The summed E-state index contributed by atoms with van der Waals surface area (Å²) in [4.78, 5) is 1.55. The molecular weight excluding hydrogens is 381 g/mol. The minimum atomic E-state index is -4.71. The van der Waals surface area contributed by atoms with Crippen LogP contribution in [0.15, 0.2) is 18.2 Å². The molecule has 1 aliphatic heterocycles. The number of halogens is 8.